The molecule has 0 atom stereocenters. The molecule has 20 heavy (non-hydrogen) atoms. The molecule has 5 heteroatoms. The molecule has 0 radical (unpaired) electrons. The summed E-state index contributed by atoms with van der Waals surface area (Å²) in [7, 11) is 1.49. The maximum absolute atomic E-state index is 12.5. The number of hydrogen-bond acceptors (Lipinski definition) is 4. The number of methoxy groups -OCH3 is 1. The molecule has 1 N–H and O–H groups in total. The van der Waals surface area contributed by atoms with Crippen molar-refractivity contribution < 1.29 is 14.6 Å². The number of carbonyl (C=O) groups is 1. The molecule has 0 spiro atoms. The van der Waals surface area contributed by atoms with Gasteiger partial charge >= 0.3 is 0 Å². The first kappa shape index (κ1) is 13.0. The molecule has 3 rings (SSSR count). The fourth-order valence-electron chi connectivity index (χ4n) is 2.43. The summed E-state index contributed by atoms with van der Waals surface area (Å²) in [5.41, 5.74) is 1.72. The van der Waals surface area contributed by atoms with Gasteiger partial charge in [0.25, 0.3) is 5.91 Å². The number of hydrogen-bond donors (Lipinski definition) is 1. The van der Waals surface area contributed by atoms with Crippen LogP contribution in [0.5, 0.6) is 11.5 Å². The zero-order valence-electron chi connectivity index (χ0n) is 11.1. The van der Waals surface area contributed by atoms with Gasteiger partial charge in [-0.3, -0.25) is 4.79 Å². The number of ether oxygens (including phenoxy) is 1. The second-order valence-electron chi connectivity index (χ2n) is 4.73. The van der Waals surface area contributed by atoms with Crippen LogP contribution in [-0.2, 0) is 13.0 Å². The Morgan fingerprint density at radius 2 is 2.25 bits per heavy atom. The van der Waals surface area contributed by atoms with Crippen molar-refractivity contribution in [2.24, 2.45) is 0 Å². The number of amides is 1. The van der Waals surface area contributed by atoms with E-state index in [2.05, 4.69) is 11.4 Å². The molecular formula is C15H15NO3S. The minimum atomic E-state index is -0.0557. The van der Waals surface area contributed by atoms with Crippen LogP contribution in [0, 0.1) is 0 Å². The molecule has 1 aliphatic heterocycles. The molecule has 2 aromatic rings. The van der Waals surface area contributed by atoms with Crippen LogP contribution in [0.1, 0.15) is 20.8 Å². The molecular weight excluding hydrogens is 274 g/mol. The molecule has 104 valence electrons. The van der Waals surface area contributed by atoms with Crippen LogP contribution >= 0.6 is 11.3 Å². The molecule has 0 fully saturated rings. The summed E-state index contributed by atoms with van der Waals surface area (Å²) in [6.45, 7) is 1.36. The number of carbonyl (C=O) groups excluding carboxylic acids is 1. The zero-order chi connectivity index (χ0) is 14.1. The average molecular weight is 289 g/mol. The van der Waals surface area contributed by atoms with E-state index in [0.717, 1.165) is 13.0 Å². The van der Waals surface area contributed by atoms with Gasteiger partial charge in [0.15, 0.2) is 11.5 Å². The standard InChI is InChI=1S/C15H15NO3S/c1-19-13-3-2-10(8-12(13)17)15(18)16-6-4-14-11(9-16)5-7-20-14/h2-3,5,7-8,17H,4,6,9H2,1H3. The highest BCUT2D eigenvalue weighted by molar-refractivity contribution is 7.10. The Labute approximate surface area is 121 Å². The van der Waals surface area contributed by atoms with Crippen LogP contribution in [0.25, 0.3) is 0 Å². The van der Waals surface area contributed by atoms with Crippen molar-refractivity contribution in [2.75, 3.05) is 13.7 Å². The van der Waals surface area contributed by atoms with Gasteiger partial charge in [-0.1, -0.05) is 0 Å². The lowest BCUT2D eigenvalue weighted by molar-refractivity contribution is 0.0735. The van der Waals surface area contributed by atoms with Gasteiger partial charge in [-0.05, 0) is 41.6 Å². The van der Waals surface area contributed by atoms with Gasteiger partial charge in [0.1, 0.15) is 0 Å². The lowest BCUT2D eigenvalue weighted by Crippen LogP contribution is -2.35. The lowest BCUT2D eigenvalue weighted by Gasteiger charge is -2.27. The van der Waals surface area contributed by atoms with Gasteiger partial charge in [0.05, 0.1) is 7.11 Å². The minimum absolute atomic E-state index is 0.00779. The zero-order valence-corrected chi connectivity index (χ0v) is 11.9. The molecule has 1 amide bonds. The van der Waals surface area contributed by atoms with Crippen molar-refractivity contribution in [1.29, 1.82) is 0 Å². The van der Waals surface area contributed by atoms with E-state index < -0.39 is 0 Å². The number of fused-ring (bicyclic) bond motifs is 1. The first-order valence-electron chi connectivity index (χ1n) is 6.40. The van der Waals surface area contributed by atoms with E-state index >= 15 is 0 Å². The molecule has 0 aliphatic carbocycles. The first-order chi connectivity index (χ1) is 9.69. The molecule has 0 saturated heterocycles. The highest BCUT2D eigenvalue weighted by atomic mass is 32.1. The summed E-state index contributed by atoms with van der Waals surface area (Å²) in [5.74, 6) is 0.312. The average Bonchev–Trinajstić information content (AvgIpc) is 2.93. The molecule has 1 aliphatic rings. The Morgan fingerprint density at radius 3 is 3.00 bits per heavy atom. The van der Waals surface area contributed by atoms with E-state index in [1.165, 1.54) is 23.6 Å². The third-order valence-electron chi connectivity index (χ3n) is 3.52. The van der Waals surface area contributed by atoms with Crippen molar-refractivity contribution in [3.63, 3.8) is 0 Å². The molecule has 0 bridgehead atoms. The van der Waals surface area contributed by atoms with Crippen LogP contribution in [0.15, 0.2) is 29.6 Å². The smallest absolute Gasteiger partial charge is 0.254 e. The topological polar surface area (TPSA) is 49.8 Å². The quantitative estimate of drug-likeness (QED) is 0.924. The second-order valence-corrected chi connectivity index (χ2v) is 5.73. The van der Waals surface area contributed by atoms with E-state index in [0.29, 0.717) is 17.9 Å². The third kappa shape index (κ3) is 2.25. The van der Waals surface area contributed by atoms with Gasteiger partial charge in [-0.15, -0.1) is 11.3 Å². The summed E-state index contributed by atoms with van der Waals surface area (Å²) in [6.07, 6.45) is 0.904. The fraction of sp³-hybridized carbons (Fsp3) is 0.267. The number of nitrogens with zero attached hydrogens (tertiary/aromatic N) is 1. The maximum atomic E-state index is 12.5. The van der Waals surface area contributed by atoms with E-state index in [1.54, 1.807) is 23.5 Å². The molecule has 4 nitrogen and oxygen atoms in total. The second kappa shape index (κ2) is 5.17. The Kier molecular flexibility index (Phi) is 3.36. The largest absolute Gasteiger partial charge is 0.504 e. The monoisotopic (exact) mass is 289 g/mol. The predicted octanol–water partition coefficient (Wildman–Crippen LogP) is 2.66. The Bertz CT molecular complexity index is 650. The number of thiophene rings is 1. The first-order valence-corrected chi connectivity index (χ1v) is 7.28. The fourth-order valence-corrected chi connectivity index (χ4v) is 3.32. The molecule has 1 aromatic carbocycles. The van der Waals surface area contributed by atoms with Crippen molar-refractivity contribution in [1.82, 2.24) is 4.90 Å². The summed E-state index contributed by atoms with van der Waals surface area (Å²) in [4.78, 5) is 15.6. The van der Waals surface area contributed by atoms with Gasteiger partial charge in [0, 0.05) is 23.5 Å². The van der Waals surface area contributed by atoms with E-state index in [9.17, 15) is 9.90 Å². The number of rotatable bonds is 2. The molecule has 2 heterocycles. The normalized spacial score (nSPS) is 13.9. The van der Waals surface area contributed by atoms with Crippen LogP contribution in [-0.4, -0.2) is 29.6 Å². The van der Waals surface area contributed by atoms with Crippen molar-refractivity contribution in [2.45, 2.75) is 13.0 Å². The number of benzene rings is 1. The predicted molar refractivity (Wildman–Crippen MR) is 77.4 cm³/mol. The molecule has 1 aromatic heterocycles. The van der Waals surface area contributed by atoms with Crippen LogP contribution < -0.4 is 4.74 Å². The van der Waals surface area contributed by atoms with E-state index in [4.69, 9.17) is 4.74 Å². The highest BCUT2D eigenvalue weighted by Gasteiger charge is 2.23. The van der Waals surface area contributed by atoms with Gasteiger partial charge in [0.2, 0.25) is 0 Å². The number of phenolic OH excluding ortho intramolecular Hbond substituents is 1. The lowest BCUT2D eigenvalue weighted by atomic mass is 10.1. The molecule has 0 saturated carbocycles. The van der Waals surface area contributed by atoms with E-state index in [1.807, 2.05) is 4.90 Å². The van der Waals surface area contributed by atoms with Crippen molar-refractivity contribution in [3.8, 4) is 11.5 Å². The van der Waals surface area contributed by atoms with Crippen molar-refractivity contribution in [3.05, 3.63) is 45.6 Å². The number of phenols is 1. The van der Waals surface area contributed by atoms with E-state index in [-0.39, 0.29) is 11.7 Å². The summed E-state index contributed by atoms with van der Waals surface area (Å²) >= 11 is 1.75. The SMILES string of the molecule is COc1ccc(C(=O)N2CCc3sccc3C2)cc1O. The van der Waals surface area contributed by atoms with Gasteiger partial charge in [-0.2, -0.15) is 0 Å². The Morgan fingerprint density at radius 1 is 1.40 bits per heavy atom. The minimum Gasteiger partial charge on any atom is -0.504 e. The Balaban J connectivity index is 1.81. The summed E-state index contributed by atoms with van der Waals surface area (Å²) in [6, 6.07) is 6.84. The van der Waals surface area contributed by atoms with Crippen LogP contribution in [0.4, 0.5) is 0 Å². The Hall–Kier alpha value is -2.01. The van der Waals surface area contributed by atoms with Crippen molar-refractivity contribution >= 4 is 17.2 Å². The third-order valence-corrected chi connectivity index (χ3v) is 4.54. The van der Waals surface area contributed by atoms with Gasteiger partial charge < -0.3 is 14.7 Å². The number of aromatic hydroxyl groups is 1. The summed E-state index contributed by atoms with van der Waals surface area (Å²) in [5, 5.41) is 11.8. The summed E-state index contributed by atoms with van der Waals surface area (Å²) < 4.78 is 4.99. The highest BCUT2D eigenvalue weighted by Crippen LogP contribution is 2.29. The van der Waals surface area contributed by atoms with Crippen LogP contribution in [0.3, 0.4) is 0 Å². The maximum Gasteiger partial charge on any atom is 0.254 e. The molecule has 0 unspecified atom stereocenters. The van der Waals surface area contributed by atoms with Gasteiger partial charge in [-0.25, -0.2) is 0 Å². The van der Waals surface area contributed by atoms with Crippen LogP contribution in [0.2, 0.25) is 0 Å².